The van der Waals surface area contributed by atoms with E-state index in [4.69, 9.17) is 0 Å². The molecule has 0 aromatic heterocycles. The van der Waals surface area contributed by atoms with E-state index in [0.717, 1.165) is 33.4 Å². The highest BCUT2D eigenvalue weighted by molar-refractivity contribution is 6.59. The van der Waals surface area contributed by atoms with E-state index in [1.54, 1.807) is 0 Å². The van der Waals surface area contributed by atoms with Crippen molar-refractivity contribution < 1.29 is 10.0 Å². The summed E-state index contributed by atoms with van der Waals surface area (Å²) in [6, 6.07) is 39.6. The molecule has 32 heavy (non-hydrogen) atoms. The van der Waals surface area contributed by atoms with Crippen LogP contribution >= 0.6 is 0 Å². The highest BCUT2D eigenvalue weighted by Crippen LogP contribution is 2.56. The van der Waals surface area contributed by atoms with Crippen molar-refractivity contribution in [1.29, 1.82) is 0 Å². The molecule has 6 rings (SSSR count). The lowest BCUT2D eigenvalue weighted by atomic mass is 9.62. The van der Waals surface area contributed by atoms with Gasteiger partial charge in [-0.3, -0.25) is 0 Å². The van der Waals surface area contributed by atoms with Crippen molar-refractivity contribution in [1.82, 2.24) is 0 Å². The van der Waals surface area contributed by atoms with Crippen LogP contribution in [0.25, 0.3) is 21.9 Å². The Morgan fingerprint density at radius 2 is 1.09 bits per heavy atom. The van der Waals surface area contributed by atoms with Gasteiger partial charge in [-0.25, -0.2) is 0 Å². The maximum Gasteiger partial charge on any atom is 0.488 e. The van der Waals surface area contributed by atoms with E-state index in [2.05, 4.69) is 91.0 Å². The summed E-state index contributed by atoms with van der Waals surface area (Å²) < 4.78 is 0. The van der Waals surface area contributed by atoms with Gasteiger partial charge in [-0.2, -0.15) is 0 Å². The minimum atomic E-state index is -1.57. The average molecular weight is 412 g/mol. The normalized spacial score (nSPS) is 13.6. The zero-order valence-corrected chi connectivity index (χ0v) is 17.4. The molecule has 0 saturated carbocycles. The summed E-state index contributed by atoms with van der Waals surface area (Å²) in [6.45, 7) is 0. The summed E-state index contributed by atoms with van der Waals surface area (Å²) in [4.78, 5) is 0. The first kappa shape index (κ1) is 19.1. The Labute approximate surface area is 187 Å². The Bertz CT molecular complexity index is 1400. The maximum atomic E-state index is 10.4. The number of hydrogen-bond acceptors (Lipinski definition) is 2. The third kappa shape index (κ3) is 2.56. The molecular weight excluding hydrogens is 391 g/mol. The van der Waals surface area contributed by atoms with Gasteiger partial charge < -0.3 is 10.0 Å². The molecule has 3 heteroatoms. The molecule has 0 heterocycles. The fraction of sp³-hybridized carbons (Fsp3) is 0.0345. The van der Waals surface area contributed by atoms with Crippen molar-refractivity contribution in [2.45, 2.75) is 5.41 Å². The first-order valence-corrected chi connectivity index (χ1v) is 10.9. The van der Waals surface area contributed by atoms with E-state index < -0.39 is 12.5 Å². The van der Waals surface area contributed by atoms with Gasteiger partial charge in [-0.1, -0.05) is 103 Å². The van der Waals surface area contributed by atoms with Crippen molar-refractivity contribution in [3.8, 4) is 11.1 Å². The summed E-state index contributed by atoms with van der Waals surface area (Å²) in [6.07, 6.45) is 0. The molecule has 0 spiro atoms. The van der Waals surface area contributed by atoms with Crippen LogP contribution in [0.15, 0.2) is 115 Å². The van der Waals surface area contributed by atoms with Crippen molar-refractivity contribution in [2.75, 3.05) is 0 Å². The predicted octanol–water partition coefficient (Wildman–Crippen LogP) is 4.88. The monoisotopic (exact) mass is 412 g/mol. The van der Waals surface area contributed by atoms with Gasteiger partial charge in [0.25, 0.3) is 0 Å². The molecular formula is C29H21BO2. The van der Waals surface area contributed by atoms with E-state index in [9.17, 15) is 10.0 Å². The highest BCUT2D eigenvalue weighted by Gasteiger charge is 2.48. The molecule has 0 unspecified atom stereocenters. The molecule has 0 saturated heterocycles. The Balaban J connectivity index is 1.86. The predicted molar refractivity (Wildman–Crippen MR) is 131 cm³/mol. The molecule has 0 atom stereocenters. The van der Waals surface area contributed by atoms with Crippen molar-refractivity contribution in [2.24, 2.45) is 0 Å². The van der Waals surface area contributed by atoms with Crippen LogP contribution in [-0.2, 0) is 5.41 Å². The van der Waals surface area contributed by atoms with Gasteiger partial charge in [0.1, 0.15) is 0 Å². The molecule has 0 fully saturated rings. The van der Waals surface area contributed by atoms with Gasteiger partial charge in [-0.05, 0) is 61.7 Å². The second-order valence-electron chi connectivity index (χ2n) is 8.37. The van der Waals surface area contributed by atoms with Crippen LogP contribution in [0.3, 0.4) is 0 Å². The lowest BCUT2D eigenvalue weighted by Crippen LogP contribution is -2.41. The Kier molecular flexibility index (Phi) is 4.29. The SMILES string of the molecule is OB(O)c1cccc2c1C(c1ccccc1)(c1ccccc1)c1cc3ccccc3cc1-2. The Hall–Kier alpha value is -3.66. The zero-order valence-electron chi connectivity index (χ0n) is 17.4. The second kappa shape index (κ2) is 7.20. The van der Waals surface area contributed by atoms with Crippen LogP contribution in [0.4, 0.5) is 0 Å². The molecule has 5 aromatic carbocycles. The molecule has 1 aliphatic rings. The molecule has 0 bridgehead atoms. The summed E-state index contributed by atoms with van der Waals surface area (Å²) in [5, 5.41) is 23.2. The highest BCUT2D eigenvalue weighted by atomic mass is 16.4. The standard InChI is InChI=1S/C29H21BO2/c31-30(32)27-17-9-16-24-25-18-20-10-7-8-11-21(20)19-26(25)29(28(24)27,22-12-3-1-4-13-22)23-14-5-2-6-15-23/h1-19,31-32H. The fourth-order valence-corrected chi connectivity index (χ4v) is 5.48. The van der Waals surface area contributed by atoms with Gasteiger partial charge >= 0.3 is 7.12 Å². The molecule has 152 valence electrons. The quantitative estimate of drug-likeness (QED) is 0.407. The maximum absolute atomic E-state index is 10.4. The van der Waals surface area contributed by atoms with Gasteiger partial charge in [0.2, 0.25) is 0 Å². The first-order chi connectivity index (χ1) is 15.7. The van der Waals surface area contributed by atoms with Gasteiger partial charge in [-0.15, -0.1) is 0 Å². The fourth-order valence-electron chi connectivity index (χ4n) is 5.48. The molecule has 0 amide bonds. The largest absolute Gasteiger partial charge is 0.488 e. The van der Waals surface area contributed by atoms with Crippen molar-refractivity contribution in [3.05, 3.63) is 138 Å². The van der Waals surface area contributed by atoms with E-state index in [0.29, 0.717) is 5.46 Å². The van der Waals surface area contributed by atoms with E-state index >= 15 is 0 Å². The third-order valence-electron chi connectivity index (χ3n) is 6.74. The summed E-state index contributed by atoms with van der Waals surface area (Å²) in [5.74, 6) is 0. The number of hydrogen-bond donors (Lipinski definition) is 2. The zero-order chi connectivity index (χ0) is 21.7. The number of fused-ring (bicyclic) bond motifs is 4. The second-order valence-corrected chi connectivity index (χ2v) is 8.37. The summed E-state index contributed by atoms with van der Waals surface area (Å²) in [5.41, 5.74) is 6.38. The third-order valence-corrected chi connectivity index (χ3v) is 6.74. The van der Waals surface area contributed by atoms with Crippen molar-refractivity contribution in [3.63, 3.8) is 0 Å². The topological polar surface area (TPSA) is 40.5 Å². The first-order valence-electron chi connectivity index (χ1n) is 10.9. The molecule has 5 aromatic rings. The minimum absolute atomic E-state index is 0.537. The van der Waals surface area contributed by atoms with Gasteiger partial charge in [0, 0.05) is 0 Å². The van der Waals surface area contributed by atoms with Crippen LogP contribution < -0.4 is 5.46 Å². The Morgan fingerprint density at radius 3 is 1.69 bits per heavy atom. The minimum Gasteiger partial charge on any atom is -0.423 e. The lowest BCUT2D eigenvalue weighted by Gasteiger charge is -2.35. The van der Waals surface area contributed by atoms with Crippen LogP contribution in [0.1, 0.15) is 22.3 Å². The molecule has 2 N–H and O–H groups in total. The van der Waals surface area contributed by atoms with Crippen LogP contribution in [0.2, 0.25) is 0 Å². The van der Waals surface area contributed by atoms with Crippen LogP contribution in [0.5, 0.6) is 0 Å². The molecule has 0 aliphatic heterocycles. The van der Waals surface area contributed by atoms with E-state index in [1.807, 2.05) is 24.3 Å². The smallest absolute Gasteiger partial charge is 0.423 e. The average Bonchev–Trinajstić information content (AvgIpc) is 3.14. The number of benzene rings is 5. The molecule has 2 nitrogen and oxygen atoms in total. The van der Waals surface area contributed by atoms with E-state index in [1.165, 1.54) is 10.8 Å². The lowest BCUT2D eigenvalue weighted by molar-refractivity contribution is 0.425. The van der Waals surface area contributed by atoms with Crippen molar-refractivity contribution >= 4 is 23.4 Å². The van der Waals surface area contributed by atoms with Gasteiger partial charge in [0.05, 0.1) is 5.41 Å². The Morgan fingerprint density at radius 1 is 0.531 bits per heavy atom. The summed E-state index contributed by atoms with van der Waals surface area (Å²) in [7, 11) is -1.57. The van der Waals surface area contributed by atoms with Crippen LogP contribution in [0, 0.1) is 0 Å². The number of rotatable bonds is 3. The van der Waals surface area contributed by atoms with E-state index in [-0.39, 0.29) is 0 Å². The summed E-state index contributed by atoms with van der Waals surface area (Å²) >= 11 is 0. The van der Waals surface area contributed by atoms with Crippen LogP contribution in [-0.4, -0.2) is 17.2 Å². The van der Waals surface area contributed by atoms with Gasteiger partial charge in [0.15, 0.2) is 0 Å². The molecule has 1 aliphatic carbocycles. The molecule has 0 radical (unpaired) electrons.